The number of hydrogen-bond acceptors (Lipinski definition) is 3. The summed E-state index contributed by atoms with van der Waals surface area (Å²) in [6, 6.07) is 0. The van der Waals surface area contributed by atoms with E-state index < -0.39 is 0 Å². The van der Waals surface area contributed by atoms with Crippen LogP contribution in [0.2, 0.25) is 0 Å². The van der Waals surface area contributed by atoms with Gasteiger partial charge in [-0.25, -0.2) is 0 Å². The molecule has 0 amide bonds. The zero-order valence-corrected chi connectivity index (χ0v) is 7.57. The average Bonchev–Trinajstić information content (AvgIpc) is 2.74. The minimum Gasteiger partial charge on any atom is -0.376 e. The Kier molecular flexibility index (Phi) is 2.40. The van der Waals surface area contributed by atoms with Gasteiger partial charge in [-0.2, -0.15) is 0 Å². The third kappa shape index (κ3) is 1.77. The Balaban J connectivity index is 1.89. The fourth-order valence-electron chi connectivity index (χ4n) is 2.24. The molecule has 13 heavy (non-hydrogen) atoms. The van der Waals surface area contributed by atoms with E-state index in [0.29, 0.717) is 6.54 Å². The molecule has 2 aliphatic heterocycles. The lowest BCUT2D eigenvalue weighted by Gasteiger charge is -2.20. The summed E-state index contributed by atoms with van der Waals surface area (Å²) in [5, 5.41) is 7.01. The first-order valence-corrected chi connectivity index (χ1v) is 4.72. The molecule has 0 unspecified atom stereocenters. The van der Waals surface area contributed by atoms with E-state index in [2.05, 4.69) is 15.3 Å². The van der Waals surface area contributed by atoms with Gasteiger partial charge >= 0.3 is 0 Å². The molecule has 2 aliphatic rings. The largest absolute Gasteiger partial charge is 0.376 e. The maximum Gasteiger partial charge on any atom is 0.0653 e. The summed E-state index contributed by atoms with van der Waals surface area (Å²) in [5.41, 5.74) is 8.37. The molecule has 1 spiro atoms. The number of azide groups is 1. The highest BCUT2D eigenvalue weighted by Crippen LogP contribution is 2.31. The molecule has 5 heteroatoms. The van der Waals surface area contributed by atoms with Crippen LogP contribution in [0.5, 0.6) is 0 Å². The molecular weight excluding hydrogens is 168 g/mol. The van der Waals surface area contributed by atoms with E-state index in [1.807, 2.05) is 0 Å². The van der Waals surface area contributed by atoms with Crippen LogP contribution in [0.3, 0.4) is 0 Å². The van der Waals surface area contributed by atoms with Gasteiger partial charge < -0.3 is 10.1 Å². The van der Waals surface area contributed by atoms with E-state index >= 15 is 0 Å². The molecule has 2 atom stereocenters. The molecule has 2 saturated heterocycles. The van der Waals surface area contributed by atoms with Gasteiger partial charge in [0.25, 0.3) is 0 Å². The topological polar surface area (TPSA) is 70.0 Å². The smallest absolute Gasteiger partial charge is 0.0653 e. The zero-order valence-electron chi connectivity index (χ0n) is 7.57. The van der Waals surface area contributed by atoms with Crippen LogP contribution in [0.15, 0.2) is 5.11 Å². The van der Waals surface area contributed by atoms with Gasteiger partial charge in [0.05, 0.1) is 19.3 Å². The monoisotopic (exact) mass is 182 g/mol. The molecule has 1 N–H and O–H groups in total. The van der Waals surface area contributed by atoms with Crippen molar-refractivity contribution in [3.8, 4) is 0 Å². The lowest BCUT2D eigenvalue weighted by atomic mass is 9.94. The Morgan fingerprint density at radius 2 is 2.62 bits per heavy atom. The Bertz CT molecular complexity index is 230. The molecule has 0 aromatic rings. The molecule has 0 aromatic heterocycles. The predicted molar refractivity (Wildman–Crippen MR) is 48.3 cm³/mol. The summed E-state index contributed by atoms with van der Waals surface area (Å²) in [5.74, 6) is 0. The summed E-state index contributed by atoms with van der Waals surface area (Å²) in [4.78, 5) is 2.74. The minimum absolute atomic E-state index is 0.126. The maximum atomic E-state index is 8.17. The Morgan fingerprint density at radius 3 is 3.31 bits per heavy atom. The molecular formula is C8H14N4O. The van der Waals surface area contributed by atoms with Crippen LogP contribution in [-0.2, 0) is 4.74 Å². The number of nitrogens with one attached hydrogen (secondary N) is 1. The van der Waals surface area contributed by atoms with Crippen LogP contribution in [0, 0.1) is 0 Å². The predicted octanol–water partition coefficient (Wildman–Crippen LogP) is 1.21. The second-order valence-electron chi connectivity index (χ2n) is 3.86. The molecule has 0 radical (unpaired) electrons. The SMILES string of the molecule is [N-]=[N+]=NC[C@H]1C[C@@]2(CCCN2)CO1. The summed E-state index contributed by atoms with van der Waals surface area (Å²) >= 11 is 0. The van der Waals surface area contributed by atoms with Crippen molar-refractivity contribution in [3.05, 3.63) is 10.4 Å². The van der Waals surface area contributed by atoms with Crippen molar-refractivity contribution < 1.29 is 4.74 Å². The Hall–Kier alpha value is -0.770. The van der Waals surface area contributed by atoms with E-state index in [1.165, 1.54) is 12.8 Å². The highest BCUT2D eigenvalue weighted by atomic mass is 16.5. The first-order chi connectivity index (χ1) is 6.35. The third-order valence-electron chi connectivity index (χ3n) is 2.89. The maximum absolute atomic E-state index is 8.17. The molecule has 2 fully saturated rings. The summed E-state index contributed by atoms with van der Waals surface area (Å²) < 4.78 is 5.57. The molecule has 2 rings (SSSR count). The lowest BCUT2D eigenvalue weighted by molar-refractivity contribution is 0.108. The second-order valence-corrected chi connectivity index (χ2v) is 3.86. The van der Waals surface area contributed by atoms with Crippen LogP contribution in [0.25, 0.3) is 10.4 Å². The van der Waals surface area contributed by atoms with Gasteiger partial charge in [-0.3, -0.25) is 0 Å². The molecule has 0 aromatic carbocycles. The Labute approximate surface area is 77.1 Å². The molecule has 0 saturated carbocycles. The summed E-state index contributed by atoms with van der Waals surface area (Å²) in [6.07, 6.45) is 3.55. The van der Waals surface area contributed by atoms with Crippen molar-refractivity contribution in [3.63, 3.8) is 0 Å². The van der Waals surface area contributed by atoms with E-state index in [0.717, 1.165) is 19.6 Å². The van der Waals surface area contributed by atoms with Gasteiger partial charge in [0, 0.05) is 10.5 Å². The van der Waals surface area contributed by atoms with Crippen LogP contribution in [0.1, 0.15) is 19.3 Å². The quantitative estimate of drug-likeness (QED) is 0.396. The Morgan fingerprint density at radius 1 is 1.69 bits per heavy atom. The molecule has 72 valence electrons. The van der Waals surface area contributed by atoms with E-state index in [9.17, 15) is 0 Å². The number of hydrogen-bond donors (Lipinski definition) is 1. The van der Waals surface area contributed by atoms with Crippen molar-refractivity contribution in [2.75, 3.05) is 19.7 Å². The van der Waals surface area contributed by atoms with Gasteiger partial charge in [0.15, 0.2) is 0 Å². The van der Waals surface area contributed by atoms with Gasteiger partial charge in [-0.1, -0.05) is 5.11 Å². The zero-order chi connectivity index (χ0) is 9.15. The first-order valence-electron chi connectivity index (χ1n) is 4.72. The van der Waals surface area contributed by atoms with Crippen LogP contribution >= 0.6 is 0 Å². The lowest BCUT2D eigenvalue weighted by Crippen LogP contribution is -2.40. The first kappa shape index (κ1) is 8.81. The van der Waals surface area contributed by atoms with Crippen LogP contribution < -0.4 is 5.32 Å². The molecule has 0 aliphatic carbocycles. The van der Waals surface area contributed by atoms with Gasteiger partial charge in [0.2, 0.25) is 0 Å². The highest BCUT2D eigenvalue weighted by Gasteiger charge is 2.41. The number of ether oxygens (including phenoxy) is 1. The fraction of sp³-hybridized carbons (Fsp3) is 1.00. The fourth-order valence-corrected chi connectivity index (χ4v) is 2.24. The van der Waals surface area contributed by atoms with Crippen LogP contribution in [0.4, 0.5) is 0 Å². The second kappa shape index (κ2) is 3.54. The minimum atomic E-state index is 0.126. The van der Waals surface area contributed by atoms with Crippen molar-refractivity contribution in [2.24, 2.45) is 5.11 Å². The van der Waals surface area contributed by atoms with Crippen molar-refractivity contribution in [2.45, 2.75) is 30.9 Å². The molecule has 5 nitrogen and oxygen atoms in total. The molecule has 2 heterocycles. The standard InChI is InChI=1S/C8H14N4O/c9-12-11-5-7-4-8(6-13-7)2-1-3-10-8/h7,10H,1-6H2/t7-,8+/m1/s1. The van der Waals surface area contributed by atoms with E-state index in [1.54, 1.807) is 0 Å². The van der Waals surface area contributed by atoms with Gasteiger partial charge in [-0.05, 0) is 31.3 Å². The highest BCUT2D eigenvalue weighted by molar-refractivity contribution is 4.99. The van der Waals surface area contributed by atoms with Gasteiger partial charge in [-0.15, -0.1) is 0 Å². The summed E-state index contributed by atoms with van der Waals surface area (Å²) in [7, 11) is 0. The van der Waals surface area contributed by atoms with Crippen molar-refractivity contribution in [1.29, 1.82) is 0 Å². The van der Waals surface area contributed by atoms with E-state index in [4.69, 9.17) is 10.3 Å². The van der Waals surface area contributed by atoms with Crippen molar-refractivity contribution in [1.82, 2.24) is 5.32 Å². The number of rotatable bonds is 2. The molecule has 0 bridgehead atoms. The summed E-state index contributed by atoms with van der Waals surface area (Å²) in [6.45, 7) is 2.34. The number of nitrogens with zero attached hydrogens (tertiary/aromatic N) is 3. The van der Waals surface area contributed by atoms with Crippen molar-refractivity contribution >= 4 is 0 Å². The van der Waals surface area contributed by atoms with Gasteiger partial charge in [0.1, 0.15) is 0 Å². The average molecular weight is 182 g/mol. The normalized spacial score (nSPS) is 38.0. The van der Waals surface area contributed by atoms with E-state index in [-0.39, 0.29) is 11.6 Å². The van der Waals surface area contributed by atoms with Crippen LogP contribution in [-0.4, -0.2) is 31.3 Å². The third-order valence-corrected chi connectivity index (χ3v) is 2.89.